The summed E-state index contributed by atoms with van der Waals surface area (Å²) < 4.78 is 4.91. The van der Waals surface area contributed by atoms with Gasteiger partial charge in [-0.25, -0.2) is 0 Å². The maximum atomic E-state index is 11.4. The molecule has 0 radical (unpaired) electrons. The first-order valence-corrected chi connectivity index (χ1v) is 9.97. The maximum Gasteiger partial charge on any atom is 0.135 e. The number of ketones is 1. The molecule has 0 aromatic rings. The van der Waals surface area contributed by atoms with Crippen LogP contribution >= 0.6 is 0 Å². The molecule has 0 atom stereocenters. The summed E-state index contributed by atoms with van der Waals surface area (Å²) in [6.45, 7) is 2.84. The summed E-state index contributed by atoms with van der Waals surface area (Å²) in [7, 11) is 1.65. The van der Waals surface area contributed by atoms with E-state index in [0.29, 0.717) is 18.8 Å². The summed E-state index contributed by atoms with van der Waals surface area (Å²) in [5.41, 5.74) is 0. The van der Waals surface area contributed by atoms with Crippen molar-refractivity contribution in [3.8, 4) is 0 Å². The smallest absolute Gasteiger partial charge is 0.135 e. The van der Waals surface area contributed by atoms with Crippen LogP contribution in [0, 0.1) is 0 Å². The molecule has 0 saturated carbocycles. The molecule has 0 rings (SSSR count). The monoisotopic (exact) mass is 324 g/mol. The molecule has 0 saturated heterocycles. The van der Waals surface area contributed by atoms with Gasteiger partial charge >= 0.3 is 0 Å². The predicted octanol–water partition coefficient (Wildman–Crippen LogP) is 6.63. The van der Waals surface area contributed by atoms with Gasteiger partial charge in [0, 0.05) is 20.0 Å². The Morgan fingerprint density at radius 1 is 0.739 bits per heavy atom. The average molecular weight is 325 g/mol. The standard InChI is InChI=1S/C21H40O2/c1-3-4-5-6-7-8-9-10-11-12-13-14-15-16-17-18-21(22)19-20-23-2/h10-11H,3-9,12-20H2,1-2H3/b11-10-. The van der Waals surface area contributed by atoms with E-state index in [4.69, 9.17) is 4.74 Å². The first-order valence-electron chi connectivity index (χ1n) is 9.97. The lowest BCUT2D eigenvalue weighted by Crippen LogP contribution is -2.02. The molecule has 0 aliphatic heterocycles. The lowest BCUT2D eigenvalue weighted by atomic mass is 10.1. The van der Waals surface area contributed by atoms with Gasteiger partial charge in [0.05, 0.1) is 6.61 Å². The number of carbonyl (C=O) groups excluding carboxylic acids is 1. The Balaban J connectivity index is 3.14. The van der Waals surface area contributed by atoms with Crippen molar-refractivity contribution in [2.24, 2.45) is 0 Å². The van der Waals surface area contributed by atoms with Crippen LogP contribution in [0.2, 0.25) is 0 Å². The Hall–Kier alpha value is -0.630. The van der Waals surface area contributed by atoms with Crippen LogP contribution in [0.3, 0.4) is 0 Å². The minimum Gasteiger partial charge on any atom is -0.384 e. The normalized spacial score (nSPS) is 11.4. The first kappa shape index (κ1) is 22.4. The van der Waals surface area contributed by atoms with E-state index in [0.717, 1.165) is 12.8 Å². The molecular weight excluding hydrogens is 284 g/mol. The topological polar surface area (TPSA) is 26.3 Å². The second-order valence-corrected chi connectivity index (χ2v) is 6.62. The fourth-order valence-electron chi connectivity index (χ4n) is 2.73. The second kappa shape index (κ2) is 19.4. The maximum absolute atomic E-state index is 11.4. The van der Waals surface area contributed by atoms with Crippen molar-refractivity contribution < 1.29 is 9.53 Å². The zero-order valence-corrected chi connectivity index (χ0v) is 15.8. The van der Waals surface area contributed by atoms with Crippen LogP contribution in [-0.4, -0.2) is 19.5 Å². The number of carbonyl (C=O) groups is 1. The molecule has 0 N–H and O–H groups in total. The fraction of sp³-hybridized carbons (Fsp3) is 0.857. The van der Waals surface area contributed by atoms with Crippen LogP contribution in [0.4, 0.5) is 0 Å². The summed E-state index contributed by atoms with van der Waals surface area (Å²) in [6.07, 6.45) is 23.0. The molecule has 0 aliphatic carbocycles. The number of hydrogen-bond donors (Lipinski definition) is 0. The van der Waals surface area contributed by atoms with E-state index < -0.39 is 0 Å². The van der Waals surface area contributed by atoms with Crippen LogP contribution < -0.4 is 0 Å². The van der Waals surface area contributed by atoms with Crippen molar-refractivity contribution in [1.29, 1.82) is 0 Å². The average Bonchev–Trinajstić information content (AvgIpc) is 2.56. The Kier molecular flexibility index (Phi) is 18.9. The Bertz CT molecular complexity index is 271. The molecular formula is C21H40O2. The molecule has 0 bridgehead atoms. The Labute approximate surface area is 145 Å². The van der Waals surface area contributed by atoms with Gasteiger partial charge in [0.25, 0.3) is 0 Å². The Morgan fingerprint density at radius 3 is 1.83 bits per heavy atom. The van der Waals surface area contributed by atoms with Crippen molar-refractivity contribution in [1.82, 2.24) is 0 Å². The van der Waals surface area contributed by atoms with E-state index in [-0.39, 0.29) is 0 Å². The molecule has 2 heteroatoms. The van der Waals surface area contributed by atoms with Gasteiger partial charge < -0.3 is 4.74 Å². The highest BCUT2D eigenvalue weighted by Gasteiger charge is 2.00. The molecule has 136 valence electrons. The highest BCUT2D eigenvalue weighted by molar-refractivity contribution is 5.78. The van der Waals surface area contributed by atoms with Crippen molar-refractivity contribution in [3.63, 3.8) is 0 Å². The van der Waals surface area contributed by atoms with Crippen molar-refractivity contribution in [2.75, 3.05) is 13.7 Å². The summed E-state index contributed by atoms with van der Waals surface area (Å²) in [5.74, 6) is 0.351. The van der Waals surface area contributed by atoms with Gasteiger partial charge in [0.2, 0.25) is 0 Å². The molecule has 0 aromatic carbocycles. The number of Topliss-reactive ketones (excluding diaryl/α,β-unsaturated/α-hetero) is 1. The lowest BCUT2D eigenvalue weighted by molar-refractivity contribution is -0.120. The highest BCUT2D eigenvalue weighted by atomic mass is 16.5. The van der Waals surface area contributed by atoms with E-state index in [1.165, 1.54) is 77.0 Å². The molecule has 0 unspecified atom stereocenters. The number of hydrogen-bond acceptors (Lipinski definition) is 2. The first-order chi connectivity index (χ1) is 11.3. The van der Waals surface area contributed by atoms with Crippen LogP contribution in [-0.2, 0) is 9.53 Å². The molecule has 23 heavy (non-hydrogen) atoms. The van der Waals surface area contributed by atoms with Crippen molar-refractivity contribution in [2.45, 2.75) is 103 Å². The summed E-state index contributed by atoms with van der Waals surface area (Å²) in [5, 5.41) is 0. The molecule has 0 aliphatic rings. The minimum absolute atomic E-state index is 0.351. The van der Waals surface area contributed by atoms with E-state index in [1.54, 1.807) is 7.11 Å². The zero-order valence-electron chi connectivity index (χ0n) is 15.8. The van der Waals surface area contributed by atoms with Gasteiger partial charge in [-0.05, 0) is 32.1 Å². The third kappa shape index (κ3) is 19.3. The van der Waals surface area contributed by atoms with E-state index >= 15 is 0 Å². The van der Waals surface area contributed by atoms with Crippen molar-refractivity contribution >= 4 is 5.78 Å². The minimum atomic E-state index is 0.351. The largest absolute Gasteiger partial charge is 0.384 e. The third-order valence-corrected chi connectivity index (χ3v) is 4.30. The van der Waals surface area contributed by atoms with Gasteiger partial charge in [-0.3, -0.25) is 4.79 Å². The van der Waals surface area contributed by atoms with E-state index in [9.17, 15) is 4.79 Å². The molecule has 0 aromatic heterocycles. The van der Waals surface area contributed by atoms with Crippen molar-refractivity contribution in [3.05, 3.63) is 12.2 Å². The van der Waals surface area contributed by atoms with Crippen LogP contribution in [0.1, 0.15) is 103 Å². The fourth-order valence-corrected chi connectivity index (χ4v) is 2.73. The molecule has 0 fully saturated rings. The van der Waals surface area contributed by atoms with Crippen LogP contribution in [0.15, 0.2) is 12.2 Å². The second-order valence-electron chi connectivity index (χ2n) is 6.62. The van der Waals surface area contributed by atoms with Crippen LogP contribution in [0.25, 0.3) is 0 Å². The van der Waals surface area contributed by atoms with E-state index in [2.05, 4.69) is 19.1 Å². The Morgan fingerprint density at radius 2 is 1.26 bits per heavy atom. The van der Waals surface area contributed by atoms with Gasteiger partial charge in [0.15, 0.2) is 0 Å². The quantitative estimate of drug-likeness (QED) is 0.209. The SMILES string of the molecule is CCCCCCCC/C=C\CCCCCCCC(=O)CCOC. The summed E-state index contributed by atoms with van der Waals surface area (Å²) in [4.78, 5) is 11.4. The third-order valence-electron chi connectivity index (χ3n) is 4.30. The molecule has 0 spiro atoms. The lowest BCUT2D eigenvalue weighted by Gasteiger charge is -2.01. The molecule has 0 heterocycles. The van der Waals surface area contributed by atoms with Gasteiger partial charge in [-0.1, -0.05) is 70.4 Å². The number of allylic oxidation sites excluding steroid dienone is 2. The molecule has 2 nitrogen and oxygen atoms in total. The van der Waals surface area contributed by atoms with E-state index in [1.807, 2.05) is 0 Å². The summed E-state index contributed by atoms with van der Waals surface area (Å²) in [6, 6.07) is 0. The van der Waals surface area contributed by atoms with Gasteiger partial charge in [0.1, 0.15) is 5.78 Å². The summed E-state index contributed by atoms with van der Waals surface area (Å²) >= 11 is 0. The van der Waals surface area contributed by atoms with Gasteiger partial charge in [-0.2, -0.15) is 0 Å². The zero-order chi connectivity index (χ0) is 17.0. The number of methoxy groups -OCH3 is 1. The molecule has 0 amide bonds. The predicted molar refractivity (Wildman–Crippen MR) is 101 cm³/mol. The van der Waals surface area contributed by atoms with Crippen LogP contribution in [0.5, 0.6) is 0 Å². The highest BCUT2D eigenvalue weighted by Crippen LogP contribution is 2.10. The van der Waals surface area contributed by atoms with Gasteiger partial charge in [-0.15, -0.1) is 0 Å². The number of unbranched alkanes of at least 4 members (excludes halogenated alkanes) is 11. The number of ether oxygens (including phenoxy) is 1. The number of rotatable bonds is 18.